The molecule has 5 aromatic rings. The number of aromatic nitrogens is 3. The van der Waals surface area contributed by atoms with E-state index in [1.54, 1.807) is 49.6 Å². The molecule has 18 heteroatoms. The van der Waals surface area contributed by atoms with Crippen LogP contribution in [0.1, 0.15) is 44.0 Å². The molecule has 2 aliphatic rings. The highest BCUT2D eigenvalue weighted by molar-refractivity contribution is 7.13. The van der Waals surface area contributed by atoms with Crippen LogP contribution in [0.5, 0.6) is 11.5 Å². The summed E-state index contributed by atoms with van der Waals surface area (Å²) in [7, 11) is 5.05. The predicted octanol–water partition coefficient (Wildman–Crippen LogP) is 4.01. The van der Waals surface area contributed by atoms with Crippen molar-refractivity contribution >= 4 is 39.8 Å². The number of nitrogens with one attached hydrogen (secondary N) is 2. The number of piperazine rings is 1. The smallest absolute Gasteiger partial charge is 0.259 e. The first-order valence-electron chi connectivity index (χ1n) is 23.0. The van der Waals surface area contributed by atoms with Crippen molar-refractivity contribution in [2.45, 2.75) is 65.4 Å². The number of thiazole rings is 1. The van der Waals surface area contributed by atoms with E-state index < -0.39 is 35.4 Å². The van der Waals surface area contributed by atoms with Gasteiger partial charge in [-0.15, -0.1) is 11.3 Å². The average Bonchev–Trinajstić information content (AvgIpc) is 3.95. The highest BCUT2D eigenvalue weighted by atomic mass is 32.1. The summed E-state index contributed by atoms with van der Waals surface area (Å²) in [6.45, 7) is 13.3. The van der Waals surface area contributed by atoms with Gasteiger partial charge in [-0.25, -0.2) is 4.98 Å². The second kappa shape index (κ2) is 22.6. The summed E-state index contributed by atoms with van der Waals surface area (Å²) in [4.78, 5) is 69.0. The van der Waals surface area contributed by atoms with Crippen LogP contribution in [0.3, 0.4) is 0 Å². The van der Waals surface area contributed by atoms with Gasteiger partial charge in [-0.3, -0.25) is 34.0 Å². The number of rotatable bonds is 19. The fourth-order valence-electron chi connectivity index (χ4n) is 8.79. The van der Waals surface area contributed by atoms with E-state index in [4.69, 9.17) is 18.9 Å². The summed E-state index contributed by atoms with van der Waals surface area (Å²) in [6.07, 6.45) is 4.35. The molecular formula is C50H64N8O9S. The first-order chi connectivity index (χ1) is 32.6. The Hall–Kier alpha value is -5.76. The van der Waals surface area contributed by atoms with Gasteiger partial charge in [0.1, 0.15) is 30.2 Å². The number of aliphatic hydroxyl groups excluding tert-OH is 1. The van der Waals surface area contributed by atoms with E-state index in [-0.39, 0.29) is 44.2 Å². The number of benzene rings is 2. The second-order valence-electron chi connectivity index (χ2n) is 18.5. The van der Waals surface area contributed by atoms with Crippen molar-refractivity contribution in [1.29, 1.82) is 0 Å². The maximum atomic E-state index is 14.0. The highest BCUT2D eigenvalue weighted by Crippen LogP contribution is 2.38. The number of amides is 3. The summed E-state index contributed by atoms with van der Waals surface area (Å²) < 4.78 is 24.9. The molecule has 2 aromatic carbocycles. The van der Waals surface area contributed by atoms with Gasteiger partial charge < -0.3 is 44.2 Å². The topological polar surface area (TPSA) is 190 Å². The predicted molar refractivity (Wildman–Crippen MR) is 261 cm³/mol. The highest BCUT2D eigenvalue weighted by Gasteiger charge is 2.44. The minimum absolute atomic E-state index is 0.0108. The third-order valence-electron chi connectivity index (χ3n) is 12.6. The van der Waals surface area contributed by atoms with Gasteiger partial charge in [0.05, 0.1) is 67.2 Å². The summed E-state index contributed by atoms with van der Waals surface area (Å²) in [6, 6.07) is 11.9. The summed E-state index contributed by atoms with van der Waals surface area (Å²) in [5.41, 5.74) is 6.65. The first kappa shape index (κ1) is 50.1. The van der Waals surface area contributed by atoms with Crippen LogP contribution in [-0.4, -0.2) is 150 Å². The normalized spacial score (nSPS) is 17.3. The number of β-amino-alcohol motifs (C(OH)–C–C–N with tert-alkyl or cyclic N) is 1. The van der Waals surface area contributed by atoms with Crippen LogP contribution in [0.25, 0.3) is 32.3 Å². The lowest BCUT2D eigenvalue weighted by molar-refractivity contribution is -0.144. The Morgan fingerprint density at radius 2 is 1.62 bits per heavy atom. The molecule has 3 aromatic heterocycles. The van der Waals surface area contributed by atoms with Gasteiger partial charge in [-0.05, 0) is 52.6 Å². The van der Waals surface area contributed by atoms with Crippen LogP contribution in [-0.2, 0) is 44.0 Å². The Balaban J connectivity index is 0.816. The summed E-state index contributed by atoms with van der Waals surface area (Å²) >= 11 is 1.57. The number of ether oxygens (including phenoxy) is 4. The Kier molecular flexibility index (Phi) is 16.6. The molecule has 0 saturated carbocycles. The number of nitrogens with zero attached hydrogens (tertiary/aromatic N) is 6. The fraction of sp³-hybridized carbons (Fsp3) is 0.480. The maximum absolute atomic E-state index is 14.0. The van der Waals surface area contributed by atoms with Gasteiger partial charge in [0.2, 0.25) is 17.7 Å². The Bertz CT molecular complexity index is 2580. The SMILES string of the molecule is COc1cc(-c2cn(C)c(=O)c3cnccc23)cc(OC)c1CN1CCN(CCOCCOCC(=O)NC(C(=O)N2CC(O)CC2C(=O)NCc2ccc(-c3scnc3C)cc2)C(C)(C)C)CC1. The zero-order valence-electron chi connectivity index (χ0n) is 40.1. The third kappa shape index (κ3) is 12.1. The zero-order chi connectivity index (χ0) is 48.5. The number of aliphatic hydroxyl groups is 1. The average molecular weight is 953 g/mol. The number of hydrogen-bond donors (Lipinski definition) is 3. The van der Waals surface area contributed by atoms with E-state index >= 15 is 0 Å². The molecule has 3 unspecified atom stereocenters. The maximum Gasteiger partial charge on any atom is 0.259 e. The van der Waals surface area contributed by atoms with Crippen LogP contribution in [0.4, 0.5) is 0 Å². The molecule has 5 heterocycles. The van der Waals surface area contributed by atoms with E-state index in [1.807, 2.05) is 81.9 Å². The van der Waals surface area contributed by atoms with Crippen molar-refractivity contribution in [3.8, 4) is 33.1 Å². The number of likely N-dealkylation sites (tertiary alicyclic amines) is 1. The molecule has 0 spiro atoms. The number of fused-ring (bicyclic) bond motifs is 1. The molecule has 364 valence electrons. The van der Waals surface area contributed by atoms with E-state index in [9.17, 15) is 24.3 Å². The van der Waals surface area contributed by atoms with Crippen molar-refractivity contribution in [2.24, 2.45) is 12.5 Å². The number of hydrogen-bond acceptors (Lipinski definition) is 14. The Labute approximate surface area is 401 Å². The number of carbonyl (C=O) groups excluding carboxylic acids is 3. The molecule has 3 atom stereocenters. The van der Waals surface area contributed by atoms with Gasteiger partial charge in [-0.1, -0.05) is 45.0 Å². The third-order valence-corrected chi connectivity index (χ3v) is 13.6. The number of aryl methyl sites for hydroxylation is 2. The Morgan fingerprint density at radius 1 is 0.926 bits per heavy atom. The van der Waals surface area contributed by atoms with Gasteiger partial charge >= 0.3 is 0 Å². The van der Waals surface area contributed by atoms with Crippen LogP contribution < -0.4 is 25.7 Å². The van der Waals surface area contributed by atoms with Crippen molar-refractivity contribution in [3.05, 3.63) is 93.7 Å². The molecule has 7 rings (SSSR count). The lowest BCUT2D eigenvalue weighted by Crippen LogP contribution is -2.58. The van der Waals surface area contributed by atoms with Crippen molar-refractivity contribution < 1.29 is 38.4 Å². The quantitative estimate of drug-likeness (QED) is 0.101. The number of methoxy groups -OCH3 is 2. The molecule has 17 nitrogen and oxygen atoms in total. The molecule has 0 aliphatic carbocycles. The molecule has 3 amide bonds. The summed E-state index contributed by atoms with van der Waals surface area (Å²) in [5.74, 6) is 0.161. The molecular weight excluding hydrogens is 889 g/mol. The van der Waals surface area contributed by atoms with Crippen LogP contribution in [0.15, 0.2) is 71.4 Å². The van der Waals surface area contributed by atoms with E-state index in [0.29, 0.717) is 36.6 Å². The molecule has 2 saturated heterocycles. The number of carbonyl (C=O) groups is 3. The van der Waals surface area contributed by atoms with E-state index in [2.05, 4.69) is 30.4 Å². The van der Waals surface area contributed by atoms with E-state index in [0.717, 1.165) is 76.5 Å². The second-order valence-corrected chi connectivity index (χ2v) is 19.3. The lowest BCUT2D eigenvalue weighted by Gasteiger charge is -2.35. The monoisotopic (exact) mass is 952 g/mol. The largest absolute Gasteiger partial charge is 0.496 e. The van der Waals surface area contributed by atoms with Crippen molar-refractivity contribution in [2.75, 3.05) is 79.9 Å². The molecule has 68 heavy (non-hydrogen) atoms. The van der Waals surface area contributed by atoms with Gasteiger partial charge in [0.15, 0.2) is 0 Å². The molecule has 0 radical (unpaired) electrons. The van der Waals surface area contributed by atoms with Gasteiger partial charge in [0, 0.05) is 90.0 Å². The molecule has 2 aliphatic heterocycles. The van der Waals surface area contributed by atoms with Gasteiger partial charge in [-0.2, -0.15) is 0 Å². The van der Waals surface area contributed by atoms with Gasteiger partial charge in [0.25, 0.3) is 5.56 Å². The first-order valence-corrected chi connectivity index (χ1v) is 23.9. The number of pyridine rings is 2. The standard InChI is InChI=1S/C50H64N8O9S/c1-32-45(68-31-53-32)34-10-8-33(9-11-34)25-52-47(61)41-24-36(59)27-58(41)49(63)46(50(2,3)4)54-44(60)30-67-21-20-66-19-18-56-14-16-57(17-15-56)29-40-42(64-6)22-35(23-43(40)65-7)39-28-55(5)48(62)38-26-51-13-12-37(38)39/h8-13,22-23,26,28,31,36,41,46,59H,14-21,24-25,27,29-30H2,1-7H3,(H,52,61)(H,54,60). The molecule has 3 N–H and O–H groups in total. The fourth-order valence-corrected chi connectivity index (χ4v) is 9.60. The van der Waals surface area contributed by atoms with Crippen LogP contribution in [0.2, 0.25) is 0 Å². The lowest BCUT2D eigenvalue weighted by atomic mass is 9.85. The van der Waals surface area contributed by atoms with Crippen LogP contribution in [0, 0.1) is 12.3 Å². The summed E-state index contributed by atoms with van der Waals surface area (Å²) in [5, 5.41) is 17.7. The van der Waals surface area contributed by atoms with Crippen molar-refractivity contribution in [1.82, 2.24) is 39.9 Å². The minimum Gasteiger partial charge on any atom is -0.496 e. The van der Waals surface area contributed by atoms with E-state index in [1.165, 1.54) is 4.90 Å². The van der Waals surface area contributed by atoms with Crippen LogP contribution >= 0.6 is 11.3 Å². The molecule has 2 fully saturated rings. The van der Waals surface area contributed by atoms with Crippen molar-refractivity contribution in [3.63, 3.8) is 0 Å². The minimum atomic E-state index is -0.958. The zero-order valence-corrected chi connectivity index (χ0v) is 40.9. The Morgan fingerprint density at radius 3 is 2.28 bits per heavy atom. The molecule has 0 bridgehead atoms.